The molecule has 0 spiro atoms. The van der Waals surface area contributed by atoms with Crippen molar-refractivity contribution in [3.63, 3.8) is 0 Å². The van der Waals surface area contributed by atoms with E-state index in [2.05, 4.69) is 64.4 Å². The Balaban J connectivity index is 1.53. The van der Waals surface area contributed by atoms with Crippen LogP contribution in [0.5, 0.6) is 0 Å². The lowest BCUT2D eigenvalue weighted by Crippen LogP contribution is -2.42. The Hall–Kier alpha value is -2.50. The minimum absolute atomic E-state index is 0.347. The average molecular weight is 392 g/mol. The Morgan fingerprint density at radius 2 is 1.90 bits per heavy atom. The number of nitrogens with zero attached hydrogens (tertiary/aromatic N) is 3. The molecule has 0 radical (unpaired) electrons. The van der Waals surface area contributed by atoms with Crippen LogP contribution in [0.2, 0.25) is 0 Å². The van der Waals surface area contributed by atoms with Gasteiger partial charge in [0, 0.05) is 49.9 Å². The van der Waals surface area contributed by atoms with E-state index in [1.165, 1.54) is 11.1 Å². The van der Waals surface area contributed by atoms with Crippen LogP contribution in [0, 0.1) is 12.8 Å². The molecular formula is C24H29N3O2. The van der Waals surface area contributed by atoms with Crippen molar-refractivity contribution < 1.29 is 9.26 Å². The van der Waals surface area contributed by atoms with Gasteiger partial charge in [0.15, 0.2) is 0 Å². The van der Waals surface area contributed by atoms with Gasteiger partial charge in [0.1, 0.15) is 5.76 Å². The van der Waals surface area contributed by atoms with Gasteiger partial charge in [-0.05, 0) is 36.1 Å². The van der Waals surface area contributed by atoms with E-state index >= 15 is 0 Å². The number of aromatic nitrogens is 2. The molecule has 1 fully saturated rings. The Morgan fingerprint density at radius 3 is 2.62 bits per heavy atom. The third-order valence-corrected chi connectivity index (χ3v) is 5.79. The average Bonchev–Trinajstić information content (AvgIpc) is 3.38. The van der Waals surface area contributed by atoms with Crippen LogP contribution in [0.25, 0.3) is 0 Å². The lowest BCUT2D eigenvalue weighted by molar-refractivity contribution is 0.128. The first-order chi connectivity index (χ1) is 14.2. The molecule has 3 heterocycles. The highest BCUT2D eigenvalue weighted by Crippen LogP contribution is 2.28. The molecule has 0 amide bonds. The molecular weight excluding hydrogens is 362 g/mol. The molecule has 0 N–H and O–H groups in total. The van der Waals surface area contributed by atoms with Gasteiger partial charge in [0.2, 0.25) is 0 Å². The molecule has 1 aliphatic heterocycles. The van der Waals surface area contributed by atoms with E-state index in [0.29, 0.717) is 17.9 Å². The fourth-order valence-electron chi connectivity index (χ4n) is 4.24. The van der Waals surface area contributed by atoms with E-state index in [9.17, 15) is 0 Å². The molecule has 1 aromatic carbocycles. The van der Waals surface area contributed by atoms with Crippen molar-refractivity contribution >= 4 is 0 Å². The quantitative estimate of drug-likeness (QED) is 0.575. The van der Waals surface area contributed by atoms with Crippen LogP contribution in [-0.4, -0.2) is 40.8 Å². The summed E-state index contributed by atoms with van der Waals surface area (Å²) in [6.07, 6.45) is 4.60. The molecule has 4 rings (SSSR count). The van der Waals surface area contributed by atoms with Crippen LogP contribution in [0.1, 0.15) is 35.4 Å². The van der Waals surface area contributed by atoms with Gasteiger partial charge in [0.05, 0.1) is 18.9 Å². The lowest BCUT2D eigenvalue weighted by Gasteiger charge is -2.34. The Morgan fingerprint density at radius 1 is 1.10 bits per heavy atom. The summed E-state index contributed by atoms with van der Waals surface area (Å²) in [5.41, 5.74) is 3.58. The SMILES string of the molecule is Cc1cc(C[C@@H]2COC[C@H]2N(Cc2ccncc2)C[C@H](C)c2ccccc2)on1. The van der Waals surface area contributed by atoms with E-state index in [0.717, 1.165) is 44.2 Å². The molecule has 2 aromatic heterocycles. The molecule has 5 heteroatoms. The zero-order valence-electron chi connectivity index (χ0n) is 17.2. The maximum absolute atomic E-state index is 5.94. The molecule has 0 aliphatic carbocycles. The summed E-state index contributed by atoms with van der Waals surface area (Å²) >= 11 is 0. The number of hydrogen-bond acceptors (Lipinski definition) is 5. The van der Waals surface area contributed by atoms with Crippen molar-refractivity contribution in [2.24, 2.45) is 5.92 Å². The Bertz CT molecular complexity index is 881. The van der Waals surface area contributed by atoms with Gasteiger partial charge >= 0.3 is 0 Å². The summed E-state index contributed by atoms with van der Waals surface area (Å²) in [5, 5.41) is 4.05. The second-order valence-electron chi connectivity index (χ2n) is 8.10. The Labute approximate surface area is 172 Å². The highest BCUT2D eigenvalue weighted by Gasteiger charge is 2.34. The van der Waals surface area contributed by atoms with Gasteiger partial charge in [-0.15, -0.1) is 0 Å². The molecule has 152 valence electrons. The predicted octanol–water partition coefficient (Wildman–Crippen LogP) is 4.24. The first-order valence-corrected chi connectivity index (χ1v) is 10.4. The van der Waals surface area contributed by atoms with Crippen LogP contribution in [-0.2, 0) is 17.7 Å². The van der Waals surface area contributed by atoms with Gasteiger partial charge in [-0.25, -0.2) is 0 Å². The number of pyridine rings is 1. The Kier molecular flexibility index (Phi) is 6.37. The summed E-state index contributed by atoms with van der Waals surface area (Å²) in [7, 11) is 0. The van der Waals surface area contributed by atoms with Gasteiger partial charge in [-0.1, -0.05) is 42.4 Å². The normalized spacial score (nSPS) is 20.2. The molecule has 0 unspecified atom stereocenters. The standard InChI is InChI=1S/C24H29N3O2/c1-18(21-6-4-3-5-7-21)14-27(15-20-8-10-25-11-9-20)24-17-28-16-22(24)13-23-12-19(2)26-29-23/h3-12,18,22,24H,13-17H2,1-2H3/t18-,22+,24+/m0/s1. The van der Waals surface area contributed by atoms with Gasteiger partial charge in [-0.2, -0.15) is 0 Å². The second-order valence-corrected chi connectivity index (χ2v) is 8.10. The topological polar surface area (TPSA) is 51.4 Å². The van der Waals surface area contributed by atoms with E-state index in [-0.39, 0.29) is 0 Å². The maximum Gasteiger partial charge on any atom is 0.137 e. The molecule has 29 heavy (non-hydrogen) atoms. The first kappa shape index (κ1) is 19.8. The number of rotatable bonds is 8. The summed E-state index contributed by atoms with van der Waals surface area (Å²) in [6, 6.07) is 17.3. The van der Waals surface area contributed by atoms with Gasteiger partial charge in [-0.3, -0.25) is 9.88 Å². The van der Waals surface area contributed by atoms with E-state index in [1.807, 2.05) is 25.4 Å². The zero-order chi connectivity index (χ0) is 20.1. The summed E-state index contributed by atoms with van der Waals surface area (Å²) in [4.78, 5) is 6.75. The van der Waals surface area contributed by atoms with Crippen molar-refractivity contribution in [1.82, 2.24) is 15.0 Å². The van der Waals surface area contributed by atoms with E-state index < -0.39 is 0 Å². The zero-order valence-corrected chi connectivity index (χ0v) is 17.2. The summed E-state index contributed by atoms with van der Waals surface area (Å²) in [5.74, 6) is 1.78. The second kappa shape index (κ2) is 9.33. The molecule has 1 aliphatic rings. The highest BCUT2D eigenvalue weighted by atomic mass is 16.5. The lowest BCUT2D eigenvalue weighted by atomic mass is 9.94. The highest BCUT2D eigenvalue weighted by molar-refractivity contribution is 5.19. The number of aryl methyl sites for hydroxylation is 1. The fraction of sp³-hybridized carbons (Fsp3) is 0.417. The van der Waals surface area contributed by atoms with Crippen LogP contribution < -0.4 is 0 Å². The largest absolute Gasteiger partial charge is 0.379 e. The van der Waals surface area contributed by atoms with Crippen molar-refractivity contribution in [1.29, 1.82) is 0 Å². The van der Waals surface area contributed by atoms with Crippen molar-refractivity contribution in [3.05, 3.63) is 83.5 Å². The monoisotopic (exact) mass is 391 g/mol. The first-order valence-electron chi connectivity index (χ1n) is 10.4. The van der Waals surface area contributed by atoms with Crippen LogP contribution in [0.15, 0.2) is 65.4 Å². The van der Waals surface area contributed by atoms with E-state index in [1.54, 1.807) is 0 Å². The smallest absolute Gasteiger partial charge is 0.137 e. The van der Waals surface area contributed by atoms with Crippen molar-refractivity contribution in [2.75, 3.05) is 19.8 Å². The van der Waals surface area contributed by atoms with E-state index in [4.69, 9.17) is 9.26 Å². The van der Waals surface area contributed by atoms with Gasteiger partial charge in [0.25, 0.3) is 0 Å². The third-order valence-electron chi connectivity index (χ3n) is 5.79. The molecule has 3 aromatic rings. The maximum atomic E-state index is 5.94. The van der Waals surface area contributed by atoms with Crippen molar-refractivity contribution in [2.45, 2.75) is 38.8 Å². The molecule has 5 nitrogen and oxygen atoms in total. The van der Waals surface area contributed by atoms with Crippen molar-refractivity contribution in [3.8, 4) is 0 Å². The number of ether oxygens (including phenoxy) is 1. The van der Waals surface area contributed by atoms with Gasteiger partial charge < -0.3 is 9.26 Å². The van der Waals surface area contributed by atoms with Crippen LogP contribution >= 0.6 is 0 Å². The number of hydrogen-bond donors (Lipinski definition) is 0. The molecule has 1 saturated heterocycles. The molecule has 3 atom stereocenters. The van der Waals surface area contributed by atoms with Crippen LogP contribution in [0.4, 0.5) is 0 Å². The fourth-order valence-corrected chi connectivity index (χ4v) is 4.24. The molecule has 0 bridgehead atoms. The molecule has 0 saturated carbocycles. The summed E-state index contributed by atoms with van der Waals surface area (Å²) < 4.78 is 11.4. The summed E-state index contributed by atoms with van der Waals surface area (Å²) in [6.45, 7) is 7.65. The van der Waals surface area contributed by atoms with Crippen LogP contribution in [0.3, 0.4) is 0 Å². The predicted molar refractivity (Wildman–Crippen MR) is 113 cm³/mol. The third kappa shape index (κ3) is 5.11. The minimum atomic E-state index is 0.347. The number of benzene rings is 1. The minimum Gasteiger partial charge on any atom is -0.379 e.